The van der Waals surface area contributed by atoms with E-state index in [1.165, 1.54) is 9.71 Å². The van der Waals surface area contributed by atoms with Crippen LogP contribution >= 0.6 is 0 Å². The number of hydrogen-bond acceptors (Lipinski definition) is 5. The lowest BCUT2D eigenvalue weighted by atomic mass is 10.2. The maximum Gasteiger partial charge on any atom is 0.323 e. The Morgan fingerprint density at radius 1 is 1.09 bits per heavy atom. The summed E-state index contributed by atoms with van der Waals surface area (Å²) >= 11 is 0. The van der Waals surface area contributed by atoms with Crippen molar-refractivity contribution in [2.24, 2.45) is 0 Å². The van der Waals surface area contributed by atoms with E-state index in [0.717, 1.165) is 5.56 Å². The van der Waals surface area contributed by atoms with Crippen LogP contribution in [-0.4, -0.2) is 62.4 Å². The van der Waals surface area contributed by atoms with Crippen molar-refractivity contribution in [3.05, 3.63) is 41.3 Å². The van der Waals surface area contributed by atoms with Gasteiger partial charge in [0, 0.05) is 38.0 Å². The Balaban J connectivity index is 1.60. The lowest BCUT2D eigenvalue weighted by molar-refractivity contribution is -0.142. The summed E-state index contributed by atoms with van der Waals surface area (Å²) in [4.78, 5) is 13.6. The molecule has 0 spiro atoms. The molecule has 2 fully saturated rings. The van der Waals surface area contributed by atoms with Crippen LogP contribution in [0.25, 0.3) is 6.08 Å². The smallest absolute Gasteiger partial charge is 0.323 e. The maximum absolute atomic E-state index is 12.4. The second-order valence-electron chi connectivity index (χ2n) is 5.67. The Morgan fingerprint density at radius 3 is 2.39 bits per heavy atom. The molecule has 7 heteroatoms. The molecule has 0 bridgehead atoms. The number of cyclic esters (lactones) is 1. The summed E-state index contributed by atoms with van der Waals surface area (Å²) in [5.41, 5.74) is 0.850. The topological polar surface area (TPSA) is 66.9 Å². The number of benzene rings is 1. The first-order valence-electron chi connectivity index (χ1n) is 7.70. The van der Waals surface area contributed by atoms with Crippen LogP contribution in [0.4, 0.5) is 0 Å². The lowest BCUT2D eigenvalue weighted by Gasteiger charge is -2.35. The van der Waals surface area contributed by atoms with Gasteiger partial charge in [-0.15, -0.1) is 0 Å². The predicted molar refractivity (Wildman–Crippen MR) is 86.9 cm³/mol. The molecular weight excluding hydrogens is 316 g/mol. The normalized spacial score (nSPS) is 24.2. The molecule has 2 aliphatic rings. The van der Waals surface area contributed by atoms with Crippen molar-refractivity contribution in [2.75, 3.05) is 32.8 Å². The van der Waals surface area contributed by atoms with Crippen molar-refractivity contribution in [1.29, 1.82) is 0 Å². The second kappa shape index (κ2) is 6.82. The minimum absolute atomic E-state index is 0.190. The first-order valence-corrected chi connectivity index (χ1v) is 9.20. The van der Waals surface area contributed by atoms with E-state index >= 15 is 0 Å². The van der Waals surface area contributed by atoms with Crippen LogP contribution in [-0.2, 0) is 19.6 Å². The first-order chi connectivity index (χ1) is 11.1. The van der Waals surface area contributed by atoms with E-state index in [-0.39, 0.29) is 12.0 Å². The van der Waals surface area contributed by atoms with Crippen molar-refractivity contribution >= 4 is 22.1 Å². The molecule has 0 N–H and O–H groups in total. The number of hydrogen-bond donors (Lipinski definition) is 0. The highest BCUT2D eigenvalue weighted by molar-refractivity contribution is 7.92. The minimum atomic E-state index is -3.43. The third-order valence-electron chi connectivity index (χ3n) is 4.21. The van der Waals surface area contributed by atoms with Gasteiger partial charge in [-0.25, -0.2) is 8.42 Å². The number of nitrogens with zero attached hydrogens (tertiary/aromatic N) is 2. The highest BCUT2D eigenvalue weighted by Gasteiger charge is 2.35. The molecule has 3 rings (SSSR count). The van der Waals surface area contributed by atoms with Crippen LogP contribution in [0.2, 0.25) is 0 Å². The molecule has 2 aliphatic heterocycles. The van der Waals surface area contributed by atoms with Gasteiger partial charge >= 0.3 is 5.97 Å². The number of carbonyl (C=O) groups is 1. The summed E-state index contributed by atoms with van der Waals surface area (Å²) < 4.78 is 31.2. The maximum atomic E-state index is 12.4. The SMILES string of the molecule is O=C1OCCC1N1CCN(S(=O)(=O)/C=C/c2ccccc2)CC1. The van der Waals surface area contributed by atoms with Crippen LogP contribution in [0.1, 0.15) is 12.0 Å². The average molecular weight is 336 g/mol. The molecule has 0 saturated carbocycles. The Morgan fingerprint density at radius 2 is 1.78 bits per heavy atom. The summed E-state index contributed by atoms with van der Waals surface area (Å²) in [6.45, 7) is 2.36. The molecule has 0 aromatic heterocycles. The lowest BCUT2D eigenvalue weighted by Crippen LogP contribution is -2.52. The predicted octanol–water partition coefficient (Wildman–Crippen LogP) is 0.920. The molecule has 1 unspecified atom stereocenters. The van der Waals surface area contributed by atoms with Gasteiger partial charge in [0.1, 0.15) is 6.04 Å². The molecule has 0 aliphatic carbocycles. The van der Waals surface area contributed by atoms with Gasteiger partial charge in [-0.1, -0.05) is 30.3 Å². The average Bonchev–Trinajstić information content (AvgIpc) is 3.00. The van der Waals surface area contributed by atoms with Gasteiger partial charge in [0.05, 0.1) is 6.61 Å². The summed E-state index contributed by atoms with van der Waals surface area (Å²) in [6.07, 6.45) is 2.30. The summed E-state index contributed by atoms with van der Waals surface area (Å²) in [6, 6.07) is 9.13. The quantitative estimate of drug-likeness (QED) is 0.765. The van der Waals surface area contributed by atoms with E-state index in [1.807, 2.05) is 35.2 Å². The Labute approximate surface area is 136 Å². The molecule has 6 nitrogen and oxygen atoms in total. The van der Waals surface area contributed by atoms with Gasteiger partial charge in [-0.3, -0.25) is 9.69 Å². The molecule has 0 amide bonds. The highest BCUT2D eigenvalue weighted by atomic mass is 32.2. The van der Waals surface area contributed by atoms with Gasteiger partial charge < -0.3 is 4.74 Å². The Kier molecular flexibility index (Phi) is 4.79. The van der Waals surface area contributed by atoms with Crippen molar-refractivity contribution in [3.8, 4) is 0 Å². The summed E-state index contributed by atoms with van der Waals surface area (Å²) in [5.74, 6) is -0.190. The van der Waals surface area contributed by atoms with Crippen LogP contribution in [0, 0.1) is 0 Å². The zero-order valence-corrected chi connectivity index (χ0v) is 13.6. The summed E-state index contributed by atoms with van der Waals surface area (Å²) in [5, 5.41) is 1.25. The Bertz CT molecular complexity index is 679. The van der Waals surface area contributed by atoms with Crippen molar-refractivity contribution in [2.45, 2.75) is 12.5 Å². The van der Waals surface area contributed by atoms with Gasteiger partial charge in [0.2, 0.25) is 10.0 Å². The first kappa shape index (κ1) is 16.2. The van der Waals surface area contributed by atoms with E-state index in [2.05, 4.69) is 0 Å². The van der Waals surface area contributed by atoms with Crippen LogP contribution < -0.4 is 0 Å². The zero-order chi connectivity index (χ0) is 16.3. The third kappa shape index (κ3) is 3.80. The minimum Gasteiger partial charge on any atom is -0.464 e. The number of carbonyl (C=O) groups excluding carboxylic acids is 1. The van der Waals surface area contributed by atoms with Crippen LogP contribution in [0.5, 0.6) is 0 Å². The summed E-state index contributed by atoms with van der Waals surface area (Å²) in [7, 11) is -3.43. The fourth-order valence-corrected chi connectivity index (χ4v) is 4.07. The molecule has 23 heavy (non-hydrogen) atoms. The number of piperazine rings is 1. The van der Waals surface area contributed by atoms with Crippen molar-refractivity contribution < 1.29 is 17.9 Å². The second-order valence-corrected chi connectivity index (χ2v) is 7.48. The van der Waals surface area contributed by atoms with Crippen LogP contribution in [0.3, 0.4) is 0 Å². The van der Waals surface area contributed by atoms with E-state index in [9.17, 15) is 13.2 Å². The molecule has 0 radical (unpaired) electrons. The molecule has 1 atom stereocenters. The molecule has 2 heterocycles. The monoisotopic (exact) mass is 336 g/mol. The Hall–Kier alpha value is -1.70. The zero-order valence-electron chi connectivity index (χ0n) is 12.8. The molecular formula is C16H20N2O4S. The number of esters is 1. The number of sulfonamides is 1. The van der Waals surface area contributed by atoms with E-state index in [1.54, 1.807) is 6.08 Å². The highest BCUT2D eigenvalue weighted by Crippen LogP contribution is 2.18. The number of rotatable bonds is 4. The molecule has 2 saturated heterocycles. The van der Waals surface area contributed by atoms with Gasteiger partial charge in [-0.05, 0) is 11.6 Å². The van der Waals surface area contributed by atoms with E-state index in [4.69, 9.17) is 4.74 Å². The van der Waals surface area contributed by atoms with Gasteiger partial charge in [-0.2, -0.15) is 4.31 Å². The molecule has 124 valence electrons. The van der Waals surface area contributed by atoms with Gasteiger partial charge in [0.15, 0.2) is 0 Å². The fraction of sp³-hybridized carbons (Fsp3) is 0.438. The van der Waals surface area contributed by atoms with Crippen LogP contribution in [0.15, 0.2) is 35.7 Å². The van der Waals surface area contributed by atoms with E-state index in [0.29, 0.717) is 39.2 Å². The van der Waals surface area contributed by atoms with Crippen molar-refractivity contribution in [1.82, 2.24) is 9.21 Å². The largest absolute Gasteiger partial charge is 0.464 e. The molecule has 1 aromatic rings. The van der Waals surface area contributed by atoms with E-state index < -0.39 is 10.0 Å². The van der Waals surface area contributed by atoms with Gasteiger partial charge in [0.25, 0.3) is 0 Å². The third-order valence-corrected chi connectivity index (χ3v) is 5.78. The molecule has 1 aromatic carbocycles. The standard InChI is InChI=1S/C16H20N2O4S/c19-16-15(6-12-22-16)17-8-10-18(11-9-17)23(20,21)13-7-14-4-2-1-3-5-14/h1-5,7,13,15H,6,8-12H2/b13-7+. The van der Waals surface area contributed by atoms with Crippen molar-refractivity contribution in [3.63, 3.8) is 0 Å². The fourth-order valence-electron chi connectivity index (χ4n) is 2.90. The number of ether oxygens (including phenoxy) is 1.